The van der Waals surface area contributed by atoms with Gasteiger partial charge in [-0.3, -0.25) is 9.59 Å². The van der Waals surface area contributed by atoms with Gasteiger partial charge >= 0.3 is 76.2 Å². The molecule has 0 spiro atoms. The quantitative estimate of drug-likeness (QED) is 0.0351. The van der Waals surface area contributed by atoms with Crippen LogP contribution >= 0.6 is 0 Å². The summed E-state index contributed by atoms with van der Waals surface area (Å²) in [5, 5.41) is 24.2. The molecule has 0 atom stereocenters. The molecule has 3 aliphatic rings. The number of carbonyl (C=O) groups is 4. The normalized spacial score (nSPS) is 16.7. The third-order valence-electron chi connectivity index (χ3n) is 11.9. The maximum atomic E-state index is 13.3. The Hall–Kier alpha value is -3.87. The summed E-state index contributed by atoms with van der Waals surface area (Å²) in [5.41, 5.74) is -2.69. The minimum atomic E-state index is -4.99. The van der Waals surface area contributed by atoms with Gasteiger partial charge in [0.05, 0.1) is 100 Å². The number of carboxylic acid groups (broad SMARTS) is 1. The number of primary sulfonamides is 2. The third kappa shape index (κ3) is 13.1. The van der Waals surface area contributed by atoms with Gasteiger partial charge in [-0.05, 0) is 81.5 Å². The average Bonchev–Trinajstić information content (AvgIpc) is 3.50. The molecule has 3 aliphatic heterocycles. The van der Waals surface area contributed by atoms with Crippen LogP contribution in [0.3, 0.4) is 0 Å². The molecule has 7 rings (SSSR count). The van der Waals surface area contributed by atoms with E-state index >= 15 is 0 Å². The Labute approximate surface area is 453 Å². The van der Waals surface area contributed by atoms with Crippen LogP contribution in [-0.2, 0) is 54.7 Å². The molecule has 22 nitrogen and oxygen atoms in total. The number of benzene rings is 3. The van der Waals surface area contributed by atoms with Gasteiger partial charge in [-0.15, -0.1) is 5.06 Å². The molecule has 3 aromatic carbocycles. The van der Waals surface area contributed by atoms with Crippen LogP contribution in [0.4, 0.5) is 11.4 Å². The molecule has 0 unspecified atom stereocenters. The summed E-state index contributed by atoms with van der Waals surface area (Å²) in [6.45, 7) is 6.81. The number of sulfonamides is 2. The maximum absolute atomic E-state index is 13.3. The topological polar surface area (TPSA) is 356 Å². The van der Waals surface area contributed by atoms with Gasteiger partial charge in [-0.25, -0.2) is 53.2 Å². The van der Waals surface area contributed by atoms with Gasteiger partial charge < -0.3 is 33.6 Å². The Morgan fingerprint density at radius 1 is 0.676 bits per heavy atom. The van der Waals surface area contributed by atoms with Crippen molar-refractivity contribution in [1.82, 2.24) is 5.06 Å². The van der Waals surface area contributed by atoms with Crippen molar-refractivity contribution in [2.24, 2.45) is 10.3 Å². The monoisotopic (exact) mass is 1080 g/mol. The molecule has 2 amide bonds. The third-order valence-corrected chi connectivity index (χ3v) is 14.9. The molecule has 0 bridgehead atoms. The smallest absolute Gasteiger partial charge is 0.748 e. The summed E-state index contributed by atoms with van der Waals surface area (Å²) in [6, 6.07) is 8.99. The van der Waals surface area contributed by atoms with Crippen LogP contribution in [0.15, 0.2) is 59.0 Å². The minimum absolute atomic E-state index is 0. The molecular weight excluding hydrogens is 1030 g/mol. The van der Waals surface area contributed by atoms with E-state index in [0.717, 1.165) is 12.1 Å². The molecule has 1 fully saturated rings. The maximum Gasteiger partial charge on any atom is 1.00 e. The van der Waals surface area contributed by atoms with Crippen LogP contribution in [-0.4, -0.2) is 119 Å². The number of anilines is 2. The Balaban J connectivity index is 0.00000469. The number of imide groups is 1. The van der Waals surface area contributed by atoms with Gasteiger partial charge in [0, 0.05) is 48.2 Å². The standard InChI is InChI=1S/C43H47N5O17S4.2Na/c1-42(2)20-25(22-68(58,59)60)28-16-31-35(18-33(28)46(42)11-5-13-66(44,54)55)64-36-19-34-29(26(23-69(61,62)63)21-43(3,4)47(34)12-6-14-67(45,56)57)17-32(36)39(31)27-8-7-24(15-30(27)40(51)52)41(53)65-48-37(49)9-10-38(48)50;;/h7-8,15-21H,5-6,9-14,22-23H2,1-4H3,(H6-,44,45,51,52,54,55,56,57,58,59,60,61,62,63);;/q;2*+1/p-2. The van der Waals surface area contributed by atoms with Crippen LogP contribution in [0.25, 0.3) is 44.2 Å². The van der Waals surface area contributed by atoms with E-state index in [9.17, 15) is 67.1 Å². The number of aromatic carboxylic acids is 1. The molecular formula is C43H45N5Na2O17S4. The SMILES string of the molecule is CC1(C)C=C(CS(=O)(=O)[O-])c2cc3c(-c4ccc(C(=O)ON5C(=O)CCC5=O)cc4C(=O)[O-])c4cc5c(cc4[o+]c3cc2N1CCCS(N)(=O)=O)N(CCCS(N)(=O)=O)C(C)(C)C=C5CS(=O)(=O)[O-].[Na+].[Na+]. The van der Waals surface area contributed by atoms with Crippen LogP contribution in [0, 0.1) is 0 Å². The first-order valence-corrected chi connectivity index (χ1v) is 27.5. The van der Waals surface area contributed by atoms with Crippen LogP contribution in [0.2, 0.25) is 0 Å². The van der Waals surface area contributed by atoms with E-state index in [2.05, 4.69) is 0 Å². The van der Waals surface area contributed by atoms with Crippen LogP contribution in [0.5, 0.6) is 0 Å². The van der Waals surface area contributed by atoms with Gasteiger partial charge in [0.2, 0.25) is 20.0 Å². The van der Waals surface area contributed by atoms with Crippen LogP contribution < -0.4 is 84.3 Å². The zero-order chi connectivity index (χ0) is 51.0. The molecule has 28 heteroatoms. The molecule has 0 aliphatic carbocycles. The van der Waals surface area contributed by atoms with Crippen molar-refractivity contribution >= 4 is 108 Å². The Morgan fingerprint density at radius 2 is 1.10 bits per heavy atom. The molecule has 4 heterocycles. The number of nitrogens with two attached hydrogens (primary N) is 2. The summed E-state index contributed by atoms with van der Waals surface area (Å²) in [5.74, 6) is -7.68. The predicted molar refractivity (Wildman–Crippen MR) is 248 cm³/mol. The molecule has 1 saturated heterocycles. The zero-order valence-corrected chi connectivity index (χ0v) is 46.6. The summed E-state index contributed by atoms with van der Waals surface area (Å²) in [6.07, 6.45) is 2.55. The number of nitrogens with zero attached hydrogens (tertiary/aromatic N) is 3. The zero-order valence-electron chi connectivity index (χ0n) is 39.3. The van der Waals surface area contributed by atoms with Crippen molar-refractivity contribution in [3.05, 3.63) is 76.9 Å². The molecule has 4 aromatic rings. The number of carbonyl (C=O) groups excluding carboxylic acids is 4. The first-order chi connectivity index (χ1) is 31.7. The summed E-state index contributed by atoms with van der Waals surface area (Å²) in [4.78, 5) is 59.6. The fourth-order valence-corrected chi connectivity index (χ4v) is 11.4. The van der Waals surface area contributed by atoms with E-state index in [1.54, 1.807) is 37.5 Å². The molecule has 1 aromatic heterocycles. The largest absolute Gasteiger partial charge is 1.00 e. The first kappa shape index (κ1) is 58.0. The van der Waals surface area contributed by atoms with E-state index in [1.165, 1.54) is 42.5 Å². The second kappa shape index (κ2) is 20.8. The first-order valence-electron chi connectivity index (χ1n) is 20.9. The number of fused-ring (bicyclic) bond motifs is 4. The number of hydrogen-bond donors (Lipinski definition) is 2. The number of hydrogen-bond acceptors (Lipinski definition) is 18. The van der Waals surface area contributed by atoms with Crippen LogP contribution in [0.1, 0.15) is 85.2 Å². The van der Waals surface area contributed by atoms with Crippen molar-refractivity contribution in [2.45, 2.75) is 64.5 Å². The second-order valence-corrected chi connectivity index (χ2v) is 24.3. The van der Waals surface area contributed by atoms with E-state index in [0.29, 0.717) is 0 Å². The number of carboxylic acids is 1. The molecule has 0 saturated carbocycles. The van der Waals surface area contributed by atoms with Gasteiger partial charge in [-0.2, -0.15) is 0 Å². The average molecular weight is 1080 g/mol. The number of hydroxylamine groups is 2. The summed E-state index contributed by atoms with van der Waals surface area (Å²) >= 11 is 0. The number of rotatable bonds is 16. The fourth-order valence-electron chi connectivity index (χ4n) is 9.13. The van der Waals surface area contributed by atoms with Crippen molar-refractivity contribution in [3.63, 3.8) is 0 Å². The molecule has 0 radical (unpaired) electrons. The minimum Gasteiger partial charge on any atom is -0.748 e. The Morgan fingerprint density at radius 3 is 1.48 bits per heavy atom. The van der Waals surface area contributed by atoms with Crippen molar-refractivity contribution in [3.8, 4) is 11.1 Å². The Kier molecular flexibility index (Phi) is 17.0. The van der Waals surface area contributed by atoms with Gasteiger partial charge in [0.15, 0.2) is 0 Å². The van der Waals surface area contributed by atoms with E-state index in [4.69, 9.17) is 19.5 Å². The van der Waals surface area contributed by atoms with Crippen molar-refractivity contribution < 1.29 is 135 Å². The van der Waals surface area contributed by atoms with E-state index in [-0.39, 0.29) is 170 Å². The second-order valence-electron chi connectivity index (χ2n) is 18.0. The van der Waals surface area contributed by atoms with E-state index in [1.807, 2.05) is 0 Å². The van der Waals surface area contributed by atoms with Crippen molar-refractivity contribution in [2.75, 3.05) is 45.9 Å². The van der Waals surface area contributed by atoms with Gasteiger partial charge in [0.1, 0.15) is 0 Å². The molecule has 71 heavy (non-hydrogen) atoms. The van der Waals surface area contributed by atoms with Crippen molar-refractivity contribution in [1.29, 1.82) is 0 Å². The fraction of sp³-hybridized carbons (Fsp3) is 0.372. The van der Waals surface area contributed by atoms with Gasteiger partial charge in [-0.1, -0.05) is 18.2 Å². The number of amides is 2. The summed E-state index contributed by atoms with van der Waals surface area (Å²) < 4.78 is 129. The predicted octanol–water partition coefficient (Wildman–Crippen LogP) is -4.46. The molecule has 370 valence electrons. The van der Waals surface area contributed by atoms with Gasteiger partial charge in [0.25, 0.3) is 11.8 Å². The Bertz CT molecular complexity index is 3270. The van der Waals surface area contributed by atoms with E-state index < -0.39 is 109 Å². The summed E-state index contributed by atoms with van der Waals surface area (Å²) in [7, 11) is -17.8. The molecule has 4 N–H and O–H groups in total.